The fraction of sp³-hybridized carbons (Fsp3) is 0.0833. The highest BCUT2D eigenvalue weighted by molar-refractivity contribution is 5.76. The summed E-state index contributed by atoms with van der Waals surface area (Å²) < 4.78 is 0. The summed E-state index contributed by atoms with van der Waals surface area (Å²) in [6, 6.07) is 7.49. The molecule has 2 N–H and O–H groups in total. The average molecular weight is 185 g/mol. The van der Waals surface area contributed by atoms with Crippen molar-refractivity contribution in [1.29, 1.82) is 0 Å². The molecule has 0 spiro atoms. The first-order valence-electron chi connectivity index (χ1n) is 4.24. The lowest BCUT2D eigenvalue weighted by Gasteiger charge is -1.93. The monoisotopic (exact) mass is 185 g/mol. The summed E-state index contributed by atoms with van der Waals surface area (Å²) in [6.07, 6.45) is 9.04. The molecule has 0 bridgehead atoms. The minimum absolute atomic E-state index is 0.261. The number of rotatable bonds is 3. The van der Waals surface area contributed by atoms with Crippen LogP contribution in [0.4, 0.5) is 0 Å². The number of terminal acetylenes is 1. The summed E-state index contributed by atoms with van der Waals surface area (Å²) >= 11 is 0. The third-order valence-electron chi connectivity index (χ3n) is 1.71. The van der Waals surface area contributed by atoms with E-state index in [-0.39, 0.29) is 12.3 Å². The van der Waals surface area contributed by atoms with Gasteiger partial charge < -0.3 is 5.73 Å². The van der Waals surface area contributed by atoms with E-state index in [1.54, 1.807) is 6.08 Å². The molecular weight excluding hydrogens is 174 g/mol. The fourth-order valence-corrected chi connectivity index (χ4v) is 1.00. The lowest BCUT2D eigenvalue weighted by atomic mass is 10.1. The van der Waals surface area contributed by atoms with Gasteiger partial charge in [-0.05, 0) is 17.7 Å². The van der Waals surface area contributed by atoms with Crippen molar-refractivity contribution in [2.45, 2.75) is 6.42 Å². The van der Waals surface area contributed by atoms with E-state index in [2.05, 4.69) is 5.92 Å². The molecule has 70 valence electrons. The van der Waals surface area contributed by atoms with Crippen molar-refractivity contribution >= 4 is 12.0 Å². The van der Waals surface area contributed by atoms with E-state index in [1.165, 1.54) is 0 Å². The number of carbonyl (C=O) groups is 1. The van der Waals surface area contributed by atoms with Crippen LogP contribution < -0.4 is 5.73 Å². The van der Waals surface area contributed by atoms with Crippen molar-refractivity contribution in [2.24, 2.45) is 5.73 Å². The quantitative estimate of drug-likeness (QED) is 0.713. The zero-order valence-electron chi connectivity index (χ0n) is 7.73. The number of nitrogens with two attached hydrogens (primary N) is 1. The first kappa shape index (κ1) is 10.1. The van der Waals surface area contributed by atoms with Gasteiger partial charge in [-0.25, -0.2) is 0 Å². The van der Waals surface area contributed by atoms with Gasteiger partial charge in [0.2, 0.25) is 5.91 Å². The summed E-state index contributed by atoms with van der Waals surface area (Å²) in [4.78, 5) is 10.4. The van der Waals surface area contributed by atoms with Crippen molar-refractivity contribution in [1.82, 2.24) is 0 Å². The second-order valence-electron chi connectivity index (χ2n) is 2.84. The number of hydrogen-bond donors (Lipinski definition) is 1. The predicted octanol–water partition coefficient (Wildman–Crippen LogP) is 1.56. The van der Waals surface area contributed by atoms with E-state index in [4.69, 9.17) is 12.2 Å². The highest BCUT2D eigenvalue weighted by Gasteiger charge is 1.89. The first-order chi connectivity index (χ1) is 6.72. The second kappa shape index (κ2) is 4.88. The molecule has 0 unspecified atom stereocenters. The first-order valence-corrected chi connectivity index (χ1v) is 4.24. The lowest BCUT2D eigenvalue weighted by molar-refractivity contribution is -0.117. The van der Waals surface area contributed by atoms with E-state index in [9.17, 15) is 4.79 Å². The van der Waals surface area contributed by atoms with Gasteiger partial charge in [0.05, 0.1) is 0 Å². The maximum atomic E-state index is 10.4. The van der Waals surface area contributed by atoms with E-state index in [1.807, 2.05) is 30.3 Å². The molecule has 0 aliphatic rings. The highest BCUT2D eigenvalue weighted by atomic mass is 16.1. The molecule has 1 amide bonds. The van der Waals surface area contributed by atoms with Gasteiger partial charge in [0.25, 0.3) is 0 Å². The molecule has 0 radical (unpaired) electrons. The maximum absolute atomic E-state index is 10.4. The summed E-state index contributed by atoms with van der Waals surface area (Å²) in [5.74, 6) is 2.20. The molecule has 14 heavy (non-hydrogen) atoms. The third-order valence-corrected chi connectivity index (χ3v) is 1.71. The summed E-state index contributed by atoms with van der Waals surface area (Å²) in [6.45, 7) is 0. The Hall–Kier alpha value is -2.01. The zero-order chi connectivity index (χ0) is 10.4. The summed E-state index contributed by atoms with van der Waals surface area (Å²) in [7, 11) is 0. The molecule has 0 aliphatic carbocycles. The Morgan fingerprint density at radius 1 is 1.43 bits per heavy atom. The van der Waals surface area contributed by atoms with Crippen LogP contribution in [0.25, 0.3) is 6.08 Å². The Bertz CT molecular complexity index is 382. The van der Waals surface area contributed by atoms with Crippen molar-refractivity contribution in [3.63, 3.8) is 0 Å². The number of benzene rings is 1. The zero-order valence-corrected chi connectivity index (χ0v) is 7.73. The maximum Gasteiger partial charge on any atom is 0.221 e. The van der Waals surface area contributed by atoms with Crippen LogP contribution in [0.3, 0.4) is 0 Å². The summed E-state index contributed by atoms with van der Waals surface area (Å²) in [5.41, 5.74) is 6.83. The van der Waals surface area contributed by atoms with E-state index in [0.717, 1.165) is 11.1 Å². The minimum atomic E-state index is -0.332. The highest BCUT2D eigenvalue weighted by Crippen LogP contribution is 2.05. The van der Waals surface area contributed by atoms with Crippen LogP contribution in [0.1, 0.15) is 17.5 Å². The minimum Gasteiger partial charge on any atom is -0.369 e. The molecule has 0 aromatic heterocycles. The van der Waals surface area contributed by atoms with Gasteiger partial charge in [0.1, 0.15) is 0 Å². The fourth-order valence-electron chi connectivity index (χ4n) is 1.00. The lowest BCUT2D eigenvalue weighted by Crippen LogP contribution is -2.07. The second-order valence-corrected chi connectivity index (χ2v) is 2.84. The van der Waals surface area contributed by atoms with Crippen molar-refractivity contribution in [2.75, 3.05) is 0 Å². The van der Waals surface area contributed by atoms with Crippen molar-refractivity contribution < 1.29 is 4.79 Å². The molecule has 0 saturated heterocycles. The topological polar surface area (TPSA) is 43.1 Å². The van der Waals surface area contributed by atoms with Gasteiger partial charge in [0.15, 0.2) is 0 Å². The number of amides is 1. The van der Waals surface area contributed by atoms with Crippen LogP contribution in [0.5, 0.6) is 0 Å². The van der Waals surface area contributed by atoms with Gasteiger partial charge in [-0.3, -0.25) is 4.79 Å². The largest absolute Gasteiger partial charge is 0.369 e. The van der Waals surface area contributed by atoms with Gasteiger partial charge in [-0.15, -0.1) is 6.42 Å². The van der Waals surface area contributed by atoms with Crippen molar-refractivity contribution in [3.8, 4) is 12.3 Å². The standard InChI is InChI=1S/C12H11NO/c1-2-10-6-8-11(9-7-10)4-3-5-12(13)14/h1,3-4,6-9H,5H2,(H2,13,14). The predicted molar refractivity (Wildman–Crippen MR) is 57.2 cm³/mol. The Kier molecular flexibility index (Phi) is 3.51. The number of primary amides is 1. The van der Waals surface area contributed by atoms with Crippen molar-refractivity contribution in [3.05, 3.63) is 41.5 Å². The molecular formula is C12H11NO. The Morgan fingerprint density at radius 2 is 2.07 bits per heavy atom. The molecule has 1 rings (SSSR count). The van der Waals surface area contributed by atoms with Gasteiger partial charge in [-0.1, -0.05) is 30.2 Å². The van der Waals surface area contributed by atoms with E-state index >= 15 is 0 Å². The Morgan fingerprint density at radius 3 is 2.57 bits per heavy atom. The van der Waals surface area contributed by atoms with Gasteiger partial charge in [-0.2, -0.15) is 0 Å². The molecule has 0 aliphatic heterocycles. The third kappa shape index (κ3) is 3.16. The molecule has 2 heteroatoms. The number of carbonyl (C=O) groups excluding carboxylic acids is 1. The van der Waals surface area contributed by atoms with Crippen LogP contribution in [0.15, 0.2) is 30.3 Å². The molecule has 0 heterocycles. The van der Waals surface area contributed by atoms with Crippen LogP contribution in [-0.4, -0.2) is 5.91 Å². The van der Waals surface area contributed by atoms with Crippen LogP contribution in [0.2, 0.25) is 0 Å². The van der Waals surface area contributed by atoms with Crippen LogP contribution in [-0.2, 0) is 4.79 Å². The molecule has 0 fully saturated rings. The SMILES string of the molecule is C#Cc1ccc(C=CCC(N)=O)cc1. The molecule has 1 aromatic rings. The molecule has 0 atom stereocenters. The van der Waals surface area contributed by atoms with Gasteiger partial charge >= 0.3 is 0 Å². The van der Waals surface area contributed by atoms with E-state index < -0.39 is 0 Å². The molecule has 1 aromatic carbocycles. The summed E-state index contributed by atoms with van der Waals surface area (Å²) in [5, 5.41) is 0. The normalized spacial score (nSPS) is 9.93. The van der Waals surface area contributed by atoms with E-state index in [0.29, 0.717) is 0 Å². The van der Waals surface area contributed by atoms with Crippen LogP contribution in [0, 0.1) is 12.3 Å². The Balaban J connectivity index is 2.65. The average Bonchev–Trinajstić information content (AvgIpc) is 2.18. The van der Waals surface area contributed by atoms with Gasteiger partial charge in [0, 0.05) is 12.0 Å². The molecule has 0 saturated carbocycles. The molecule has 2 nitrogen and oxygen atoms in total. The van der Waals surface area contributed by atoms with Crippen LogP contribution >= 0.6 is 0 Å². The number of hydrogen-bond acceptors (Lipinski definition) is 1. The smallest absolute Gasteiger partial charge is 0.221 e. The Labute approximate surface area is 83.4 Å².